The molecule has 0 unspecified atom stereocenters. The molecule has 0 heterocycles. The Bertz CT molecular complexity index is 654. The number of phenols is 1. The van der Waals surface area contributed by atoms with Crippen molar-refractivity contribution in [2.24, 2.45) is 4.99 Å². The van der Waals surface area contributed by atoms with Crippen LogP contribution in [-0.2, 0) is 0 Å². The van der Waals surface area contributed by atoms with Gasteiger partial charge >= 0.3 is 0 Å². The van der Waals surface area contributed by atoms with Gasteiger partial charge in [0.15, 0.2) is 0 Å². The second-order valence-corrected chi connectivity index (χ2v) is 6.55. The van der Waals surface area contributed by atoms with Crippen LogP contribution in [0.3, 0.4) is 0 Å². The van der Waals surface area contributed by atoms with Gasteiger partial charge in [-0.3, -0.25) is 4.99 Å². The second-order valence-electron chi connectivity index (χ2n) is 4.78. The number of hydrogen-bond acceptors (Lipinski definition) is 3. The van der Waals surface area contributed by atoms with Gasteiger partial charge < -0.3 is 9.84 Å². The molecule has 5 heteroatoms. The minimum Gasteiger partial charge on any atom is -0.508 e. The first-order chi connectivity index (χ1) is 10.6. The molecule has 0 saturated heterocycles. The molecule has 0 aromatic heterocycles. The Morgan fingerprint density at radius 1 is 1.18 bits per heavy atom. The standard InChI is InChI=1S/C17H17Br2NO2/c1-2-3-8-22-17-12(9-13(18)10-16(17)19)11-20-14-4-6-15(21)7-5-14/h4-7,9-11,21H,2-3,8H2,1H3. The molecule has 0 radical (unpaired) electrons. The number of unbranched alkanes of at least 4 members (excludes halogenated alkanes) is 1. The Morgan fingerprint density at radius 2 is 1.91 bits per heavy atom. The van der Waals surface area contributed by atoms with Crippen molar-refractivity contribution in [1.29, 1.82) is 0 Å². The maximum Gasteiger partial charge on any atom is 0.142 e. The van der Waals surface area contributed by atoms with Gasteiger partial charge in [0.05, 0.1) is 16.8 Å². The maximum atomic E-state index is 9.30. The summed E-state index contributed by atoms with van der Waals surface area (Å²) in [5.41, 5.74) is 1.67. The first kappa shape index (κ1) is 17.0. The summed E-state index contributed by atoms with van der Waals surface area (Å²) < 4.78 is 7.72. The van der Waals surface area contributed by atoms with E-state index in [2.05, 4.69) is 43.8 Å². The van der Waals surface area contributed by atoms with Crippen molar-refractivity contribution in [2.45, 2.75) is 19.8 Å². The number of aliphatic imine (C=N–C) groups is 1. The molecule has 0 saturated carbocycles. The molecule has 0 fully saturated rings. The van der Waals surface area contributed by atoms with E-state index in [9.17, 15) is 5.11 Å². The van der Waals surface area contributed by atoms with Crippen molar-refractivity contribution in [3.8, 4) is 11.5 Å². The van der Waals surface area contributed by atoms with Gasteiger partial charge in [0.1, 0.15) is 11.5 Å². The average Bonchev–Trinajstić information content (AvgIpc) is 2.49. The number of benzene rings is 2. The zero-order chi connectivity index (χ0) is 15.9. The summed E-state index contributed by atoms with van der Waals surface area (Å²) in [5.74, 6) is 1.02. The van der Waals surface area contributed by atoms with Gasteiger partial charge in [-0.25, -0.2) is 0 Å². The Balaban J connectivity index is 2.26. The van der Waals surface area contributed by atoms with Crippen LogP contribution < -0.4 is 4.74 Å². The molecule has 3 nitrogen and oxygen atoms in total. The summed E-state index contributed by atoms with van der Waals surface area (Å²) in [6.45, 7) is 2.81. The van der Waals surface area contributed by atoms with Crippen LogP contribution in [0.5, 0.6) is 11.5 Å². The lowest BCUT2D eigenvalue weighted by atomic mass is 10.2. The van der Waals surface area contributed by atoms with Crippen LogP contribution in [0.4, 0.5) is 5.69 Å². The summed E-state index contributed by atoms with van der Waals surface area (Å²) in [4.78, 5) is 4.43. The monoisotopic (exact) mass is 425 g/mol. The highest BCUT2D eigenvalue weighted by Crippen LogP contribution is 2.32. The maximum absolute atomic E-state index is 9.30. The van der Waals surface area contributed by atoms with Gasteiger partial charge in [-0.1, -0.05) is 29.3 Å². The number of hydrogen-bond donors (Lipinski definition) is 1. The van der Waals surface area contributed by atoms with E-state index in [1.807, 2.05) is 12.1 Å². The molecule has 2 aromatic rings. The van der Waals surface area contributed by atoms with E-state index in [4.69, 9.17) is 4.74 Å². The molecule has 0 aliphatic carbocycles. The van der Waals surface area contributed by atoms with Crippen LogP contribution in [0.15, 0.2) is 50.3 Å². The van der Waals surface area contributed by atoms with Gasteiger partial charge in [-0.2, -0.15) is 0 Å². The summed E-state index contributed by atoms with van der Waals surface area (Å²) in [7, 11) is 0. The molecule has 0 atom stereocenters. The van der Waals surface area contributed by atoms with E-state index < -0.39 is 0 Å². The third-order valence-electron chi connectivity index (χ3n) is 2.98. The van der Waals surface area contributed by atoms with E-state index in [-0.39, 0.29) is 5.75 Å². The van der Waals surface area contributed by atoms with Crippen LogP contribution in [0.2, 0.25) is 0 Å². The second kappa shape index (κ2) is 8.34. The van der Waals surface area contributed by atoms with E-state index >= 15 is 0 Å². The largest absolute Gasteiger partial charge is 0.508 e. The fraction of sp³-hybridized carbons (Fsp3) is 0.235. The van der Waals surface area contributed by atoms with Crippen LogP contribution in [-0.4, -0.2) is 17.9 Å². The van der Waals surface area contributed by atoms with Gasteiger partial charge in [0.2, 0.25) is 0 Å². The van der Waals surface area contributed by atoms with E-state index in [0.29, 0.717) is 6.61 Å². The predicted molar refractivity (Wildman–Crippen MR) is 97.6 cm³/mol. The summed E-state index contributed by atoms with van der Waals surface area (Å²) in [5, 5.41) is 9.30. The molecule has 0 bridgehead atoms. The van der Waals surface area contributed by atoms with Gasteiger partial charge in [-0.15, -0.1) is 0 Å². The van der Waals surface area contributed by atoms with Crippen molar-refractivity contribution in [3.05, 3.63) is 50.9 Å². The van der Waals surface area contributed by atoms with Crippen molar-refractivity contribution in [3.63, 3.8) is 0 Å². The van der Waals surface area contributed by atoms with Gasteiger partial charge in [0, 0.05) is 16.3 Å². The fourth-order valence-electron chi connectivity index (χ4n) is 1.83. The topological polar surface area (TPSA) is 41.8 Å². The molecule has 22 heavy (non-hydrogen) atoms. The number of rotatable bonds is 6. The van der Waals surface area contributed by atoms with Crippen LogP contribution in [0.25, 0.3) is 0 Å². The SMILES string of the molecule is CCCCOc1c(Br)cc(Br)cc1C=Nc1ccc(O)cc1. The smallest absolute Gasteiger partial charge is 0.142 e. The molecular formula is C17H17Br2NO2. The molecule has 2 rings (SSSR count). The Hall–Kier alpha value is -1.33. The van der Waals surface area contributed by atoms with Gasteiger partial charge in [0.25, 0.3) is 0 Å². The normalized spacial score (nSPS) is 11.0. The van der Waals surface area contributed by atoms with Gasteiger partial charge in [-0.05, 0) is 58.7 Å². The minimum absolute atomic E-state index is 0.229. The number of nitrogens with zero attached hydrogens (tertiary/aromatic N) is 1. The van der Waals surface area contributed by atoms with Crippen molar-refractivity contribution >= 4 is 43.8 Å². The lowest BCUT2D eigenvalue weighted by Crippen LogP contribution is -2.00. The summed E-state index contributed by atoms with van der Waals surface area (Å²) in [6.07, 6.45) is 3.87. The summed E-state index contributed by atoms with van der Waals surface area (Å²) in [6, 6.07) is 10.7. The first-order valence-corrected chi connectivity index (χ1v) is 8.63. The summed E-state index contributed by atoms with van der Waals surface area (Å²) >= 11 is 7.02. The molecular weight excluding hydrogens is 410 g/mol. The highest BCUT2D eigenvalue weighted by atomic mass is 79.9. The van der Waals surface area contributed by atoms with E-state index in [0.717, 1.165) is 38.8 Å². The highest BCUT2D eigenvalue weighted by Gasteiger charge is 2.09. The zero-order valence-corrected chi connectivity index (χ0v) is 15.4. The van der Waals surface area contributed by atoms with Crippen LogP contribution in [0.1, 0.15) is 25.3 Å². The Kier molecular flexibility index (Phi) is 6.46. The fourth-order valence-corrected chi connectivity index (χ4v) is 3.20. The van der Waals surface area contributed by atoms with Crippen molar-refractivity contribution in [2.75, 3.05) is 6.61 Å². The Labute approximate surface area is 147 Å². The molecule has 1 N–H and O–H groups in total. The number of phenolic OH excluding ortho intramolecular Hbond substituents is 1. The molecule has 2 aromatic carbocycles. The quantitative estimate of drug-likeness (QED) is 0.465. The average molecular weight is 427 g/mol. The minimum atomic E-state index is 0.229. The highest BCUT2D eigenvalue weighted by molar-refractivity contribution is 9.11. The predicted octanol–water partition coefficient (Wildman–Crippen LogP) is 5.85. The number of ether oxygens (including phenoxy) is 1. The van der Waals surface area contributed by atoms with Crippen LogP contribution >= 0.6 is 31.9 Å². The molecule has 116 valence electrons. The third-order valence-corrected chi connectivity index (χ3v) is 4.03. The van der Waals surface area contributed by atoms with Crippen LogP contribution in [0, 0.1) is 0 Å². The molecule has 0 aliphatic heterocycles. The van der Waals surface area contributed by atoms with Crippen molar-refractivity contribution < 1.29 is 9.84 Å². The van der Waals surface area contributed by atoms with E-state index in [1.54, 1.807) is 30.5 Å². The first-order valence-electron chi connectivity index (χ1n) is 7.05. The molecule has 0 spiro atoms. The number of aromatic hydroxyl groups is 1. The van der Waals surface area contributed by atoms with Crippen molar-refractivity contribution in [1.82, 2.24) is 0 Å². The molecule has 0 amide bonds. The third kappa shape index (κ3) is 4.85. The lowest BCUT2D eigenvalue weighted by Gasteiger charge is -2.11. The molecule has 0 aliphatic rings. The number of halogens is 2. The lowest BCUT2D eigenvalue weighted by molar-refractivity contribution is 0.307. The zero-order valence-electron chi connectivity index (χ0n) is 12.2. The van der Waals surface area contributed by atoms with E-state index in [1.165, 1.54) is 0 Å². The Morgan fingerprint density at radius 3 is 2.59 bits per heavy atom.